The van der Waals surface area contributed by atoms with Crippen molar-refractivity contribution in [2.45, 2.75) is 31.6 Å². The molecule has 1 aromatic heterocycles. The van der Waals surface area contributed by atoms with Crippen molar-refractivity contribution in [2.75, 3.05) is 35.9 Å². The molecule has 0 unspecified atom stereocenters. The van der Waals surface area contributed by atoms with Crippen LogP contribution in [0.5, 0.6) is 5.75 Å². The number of carbonyl (C=O) groups excluding carboxylic acids is 1. The van der Waals surface area contributed by atoms with E-state index in [0.717, 1.165) is 0 Å². The minimum Gasteiger partial charge on any atom is -0.494 e. The Labute approximate surface area is 192 Å². The number of nitrogens with one attached hydrogen (secondary N) is 1. The molecule has 1 aliphatic heterocycles. The van der Waals surface area contributed by atoms with Gasteiger partial charge in [0.15, 0.2) is 0 Å². The summed E-state index contributed by atoms with van der Waals surface area (Å²) in [5, 5.41) is 9.70. The monoisotopic (exact) mass is 477 g/mol. The fraction of sp³-hybridized carbons (Fsp3) is 0.409. The lowest BCUT2D eigenvalue weighted by atomic mass is 9.96. The topological polar surface area (TPSA) is 135 Å². The molecule has 0 bridgehead atoms. The van der Waals surface area contributed by atoms with Crippen molar-refractivity contribution >= 4 is 33.5 Å². The molecule has 178 valence electrons. The van der Waals surface area contributed by atoms with Crippen LogP contribution in [0.4, 0.5) is 11.5 Å². The maximum Gasteiger partial charge on any atom is 0.339 e. The number of aromatic nitrogens is 1. The zero-order valence-corrected chi connectivity index (χ0v) is 19.3. The van der Waals surface area contributed by atoms with Crippen molar-refractivity contribution in [1.29, 1.82) is 0 Å². The smallest absolute Gasteiger partial charge is 0.339 e. The highest BCUT2D eigenvalue weighted by Crippen LogP contribution is 2.28. The first-order valence-corrected chi connectivity index (χ1v) is 12.1. The van der Waals surface area contributed by atoms with Crippen LogP contribution in [-0.4, -0.2) is 56.8 Å². The van der Waals surface area contributed by atoms with Crippen molar-refractivity contribution < 1.29 is 32.6 Å². The number of ether oxygens (including phenoxy) is 2. The molecule has 11 heteroatoms. The zero-order chi connectivity index (χ0) is 24.0. The van der Waals surface area contributed by atoms with Crippen LogP contribution in [-0.2, 0) is 19.6 Å². The van der Waals surface area contributed by atoms with E-state index in [-0.39, 0.29) is 33.9 Å². The maximum atomic E-state index is 12.7. The Bertz CT molecular complexity index is 1100. The fourth-order valence-electron chi connectivity index (χ4n) is 3.61. The second-order valence-corrected chi connectivity index (χ2v) is 9.11. The molecular formula is C22H27N3O7S. The average Bonchev–Trinajstić information content (AvgIpc) is 2.79. The number of carboxylic acids is 1. The number of aromatic carboxylic acids is 1. The van der Waals surface area contributed by atoms with E-state index in [1.807, 2.05) is 6.92 Å². The molecule has 2 aromatic rings. The highest BCUT2D eigenvalue weighted by atomic mass is 32.2. The number of carboxylic acid groups (broad SMARTS) is 1. The van der Waals surface area contributed by atoms with E-state index in [0.29, 0.717) is 44.9 Å². The van der Waals surface area contributed by atoms with Gasteiger partial charge in [-0.25, -0.2) is 18.2 Å². The molecule has 10 nitrogen and oxygen atoms in total. The summed E-state index contributed by atoms with van der Waals surface area (Å²) in [5.41, 5.74) is -0.0945. The molecule has 0 atom stereocenters. The Morgan fingerprint density at radius 2 is 1.82 bits per heavy atom. The average molecular weight is 478 g/mol. The molecule has 2 N–H and O–H groups in total. The number of nitrogens with zero attached hydrogens (tertiary/aromatic N) is 2. The van der Waals surface area contributed by atoms with Crippen molar-refractivity contribution in [1.82, 2.24) is 4.98 Å². The van der Waals surface area contributed by atoms with Gasteiger partial charge in [-0.1, -0.05) is 0 Å². The summed E-state index contributed by atoms with van der Waals surface area (Å²) < 4.78 is 38.2. The lowest BCUT2D eigenvalue weighted by Crippen LogP contribution is -2.38. The summed E-state index contributed by atoms with van der Waals surface area (Å²) in [7, 11) is -3.95. The van der Waals surface area contributed by atoms with Crippen LogP contribution < -0.4 is 14.4 Å². The molecule has 1 fully saturated rings. The van der Waals surface area contributed by atoms with Gasteiger partial charge in [-0.3, -0.25) is 9.52 Å². The third-order valence-corrected chi connectivity index (χ3v) is 6.61. The van der Waals surface area contributed by atoms with Gasteiger partial charge in [-0.2, -0.15) is 0 Å². The van der Waals surface area contributed by atoms with Gasteiger partial charge in [0.25, 0.3) is 10.0 Å². The number of piperidine rings is 1. The highest BCUT2D eigenvalue weighted by Gasteiger charge is 2.29. The van der Waals surface area contributed by atoms with Crippen LogP contribution in [0.1, 0.15) is 37.0 Å². The van der Waals surface area contributed by atoms with Crippen LogP contribution in [0, 0.1) is 5.92 Å². The third-order valence-electron chi connectivity index (χ3n) is 5.21. The number of benzene rings is 1. The number of hydrogen-bond donors (Lipinski definition) is 2. The van der Waals surface area contributed by atoms with Gasteiger partial charge in [0.05, 0.1) is 35.9 Å². The van der Waals surface area contributed by atoms with E-state index in [1.165, 1.54) is 24.4 Å². The maximum absolute atomic E-state index is 12.7. The lowest BCUT2D eigenvalue weighted by Gasteiger charge is -2.32. The molecule has 0 radical (unpaired) electrons. The Morgan fingerprint density at radius 1 is 1.15 bits per heavy atom. The Hall–Kier alpha value is -3.34. The largest absolute Gasteiger partial charge is 0.494 e. The van der Waals surface area contributed by atoms with E-state index in [1.54, 1.807) is 24.0 Å². The lowest BCUT2D eigenvalue weighted by molar-refractivity contribution is -0.148. The molecule has 0 aliphatic carbocycles. The van der Waals surface area contributed by atoms with E-state index in [9.17, 15) is 23.1 Å². The number of sulfonamides is 1. The van der Waals surface area contributed by atoms with E-state index < -0.39 is 16.0 Å². The first-order valence-electron chi connectivity index (χ1n) is 10.7. The summed E-state index contributed by atoms with van der Waals surface area (Å²) in [6.45, 7) is 5.23. The second kappa shape index (κ2) is 10.5. The van der Waals surface area contributed by atoms with Gasteiger partial charge in [0.1, 0.15) is 17.1 Å². The molecule has 2 heterocycles. The highest BCUT2D eigenvalue weighted by molar-refractivity contribution is 7.92. The van der Waals surface area contributed by atoms with Crippen molar-refractivity contribution in [2.24, 2.45) is 5.92 Å². The summed E-state index contributed by atoms with van der Waals surface area (Å²) in [5.74, 6) is -0.930. The standard InChI is InChI=1S/C22H27N3O7S/c1-3-31-17-5-7-18(8-6-17)33(29,30)24-16-13-19(21(26)27)20(23-14-16)25-11-9-15(10-12-25)22(28)32-4-2/h5-8,13-15,24H,3-4,9-12H2,1-2H3,(H,26,27). The van der Waals surface area contributed by atoms with Crippen LogP contribution in [0.2, 0.25) is 0 Å². The van der Waals surface area contributed by atoms with Crippen LogP contribution in [0.15, 0.2) is 41.4 Å². The molecule has 3 rings (SSSR count). The quantitative estimate of drug-likeness (QED) is 0.523. The normalized spacial score (nSPS) is 14.5. The van der Waals surface area contributed by atoms with Crippen molar-refractivity contribution in [3.63, 3.8) is 0 Å². The van der Waals surface area contributed by atoms with Crippen LogP contribution in [0.25, 0.3) is 0 Å². The molecule has 33 heavy (non-hydrogen) atoms. The van der Waals surface area contributed by atoms with Crippen molar-refractivity contribution in [3.05, 3.63) is 42.1 Å². The molecule has 1 aliphatic rings. The van der Waals surface area contributed by atoms with Crippen LogP contribution >= 0.6 is 0 Å². The number of carbonyl (C=O) groups is 2. The van der Waals surface area contributed by atoms with Gasteiger partial charge < -0.3 is 19.5 Å². The number of anilines is 2. The molecule has 0 spiro atoms. The summed E-state index contributed by atoms with van der Waals surface area (Å²) >= 11 is 0. The Kier molecular flexibility index (Phi) is 7.75. The fourth-order valence-corrected chi connectivity index (χ4v) is 4.64. The summed E-state index contributed by atoms with van der Waals surface area (Å²) in [6, 6.07) is 7.14. The number of hydrogen-bond acceptors (Lipinski definition) is 8. The Morgan fingerprint density at radius 3 is 2.39 bits per heavy atom. The van der Waals surface area contributed by atoms with Gasteiger partial charge in [-0.15, -0.1) is 0 Å². The second-order valence-electron chi connectivity index (χ2n) is 7.42. The summed E-state index contributed by atoms with van der Waals surface area (Å²) in [4.78, 5) is 29.8. The molecular weight excluding hydrogens is 450 g/mol. The van der Waals surface area contributed by atoms with E-state index >= 15 is 0 Å². The van der Waals surface area contributed by atoms with Crippen LogP contribution in [0.3, 0.4) is 0 Å². The molecule has 1 saturated heterocycles. The SMILES string of the molecule is CCOC(=O)C1CCN(c2ncc(NS(=O)(=O)c3ccc(OCC)cc3)cc2C(=O)O)CC1. The van der Waals surface area contributed by atoms with Gasteiger partial charge in [-0.05, 0) is 57.0 Å². The first-order chi connectivity index (χ1) is 15.7. The minimum atomic E-state index is -3.95. The van der Waals surface area contributed by atoms with Gasteiger partial charge in [0, 0.05) is 13.1 Å². The van der Waals surface area contributed by atoms with Gasteiger partial charge in [0.2, 0.25) is 0 Å². The van der Waals surface area contributed by atoms with E-state index in [4.69, 9.17) is 9.47 Å². The third kappa shape index (κ3) is 5.92. The van der Waals surface area contributed by atoms with Gasteiger partial charge >= 0.3 is 11.9 Å². The number of rotatable bonds is 9. The predicted molar refractivity (Wildman–Crippen MR) is 121 cm³/mol. The minimum absolute atomic E-state index is 0.00735. The van der Waals surface area contributed by atoms with E-state index in [2.05, 4.69) is 9.71 Å². The predicted octanol–water partition coefficient (Wildman–Crippen LogP) is 2.76. The van der Waals surface area contributed by atoms with Crippen molar-refractivity contribution in [3.8, 4) is 5.75 Å². The molecule has 0 amide bonds. The molecule has 0 saturated carbocycles. The number of pyridine rings is 1. The Balaban J connectivity index is 1.76. The first kappa shape index (κ1) is 24.3. The summed E-state index contributed by atoms with van der Waals surface area (Å²) in [6.07, 6.45) is 2.32. The number of esters is 1. The zero-order valence-electron chi connectivity index (χ0n) is 18.5. The molecule has 1 aromatic carbocycles.